The lowest BCUT2D eigenvalue weighted by molar-refractivity contribution is 0.170. The number of hydrogen-bond acceptors (Lipinski definition) is 6. The number of fused-ring (bicyclic) bond motifs is 1. The van der Waals surface area contributed by atoms with E-state index in [4.69, 9.17) is 9.47 Å². The largest absolute Gasteiger partial charge is 0.454 e. The molecule has 2 aromatic rings. The van der Waals surface area contributed by atoms with E-state index in [9.17, 15) is 0 Å². The quantitative estimate of drug-likeness (QED) is 0.335. The number of likely N-dealkylation sites (N-methyl/N-ethyl adjacent to an activating group) is 1. The predicted octanol–water partition coefficient (Wildman–Crippen LogP) is 3.09. The van der Waals surface area contributed by atoms with Gasteiger partial charge in [0.05, 0.1) is 6.04 Å². The minimum Gasteiger partial charge on any atom is -0.454 e. The molecule has 31 heavy (non-hydrogen) atoms. The first-order chi connectivity index (χ1) is 14.6. The molecule has 0 amide bonds. The maximum Gasteiger partial charge on any atom is 0.231 e. The van der Waals surface area contributed by atoms with E-state index in [0.29, 0.717) is 12.8 Å². The van der Waals surface area contributed by atoms with Crippen molar-refractivity contribution in [1.29, 1.82) is 0 Å². The van der Waals surface area contributed by atoms with Crippen LogP contribution in [0.5, 0.6) is 11.5 Å². The fraction of sp³-hybridized carbons (Fsp3) is 0.500. The molecule has 0 radical (unpaired) electrons. The summed E-state index contributed by atoms with van der Waals surface area (Å²) in [5, 5.41) is 5.73. The summed E-state index contributed by atoms with van der Waals surface area (Å²) in [4.78, 5) is 13.0. The van der Waals surface area contributed by atoms with Crippen LogP contribution >= 0.6 is 35.3 Å². The number of thiophene rings is 1. The molecule has 1 saturated heterocycles. The van der Waals surface area contributed by atoms with Gasteiger partial charge in [0.15, 0.2) is 17.5 Å². The molecule has 7 nitrogen and oxygen atoms in total. The molecular formula is C22H32IN5O2S. The van der Waals surface area contributed by atoms with E-state index in [1.165, 1.54) is 10.4 Å². The first-order valence-electron chi connectivity index (χ1n) is 10.4. The van der Waals surface area contributed by atoms with Gasteiger partial charge in [-0.2, -0.15) is 0 Å². The summed E-state index contributed by atoms with van der Waals surface area (Å²) in [6, 6.07) is 10.9. The molecule has 9 heteroatoms. The van der Waals surface area contributed by atoms with Crippen molar-refractivity contribution in [3.05, 3.63) is 46.2 Å². The van der Waals surface area contributed by atoms with Gasteiger partial charge >= 0.3 is 0 Å². The van der Waals surface area contributed by atoms with Crippen molar-refractivity contribution >= 4 is 41.3 Å². The van der Waals surface area contributed by atoms with Crippen LogP contribution in [0.1, 0.15) is 16.5 Å². The van der Waals surface area contributed by atoms with Crippen LogP contribution in [-0.4, -0.2) is 81.3 Å². The van der Waals surface area contributed by atoms with Gasteiger partial charge in [0.1, 0.15) is 0 Å². The number of aliphatic imine (C=N–C) groups is 1. The predicted molar refractivity (Wildman–Crippen MR) is 137 cm³/mol. The van der Waals surface area contributed by atoms with Gasteiger partial charge in [-0.05, 0) is 43.2 Å². The zero-order valence-electron chi connectivity index (χ0n) is 18.4. The number of rotatable bonds is 6. The Morgan fingerprint density at radius 3 is 2.61 bits per heavy atom. The Balaban J connectivity index is 0.00000272. The molecule has 0 bridgehead atoms. The number of nitrogens with one attached hydrogen (secondary N) is 1. The zero-order valence-corrected chi connectivity index (χ0v) is 21.6. The first kappa shape index (κ1) is 24.1. The third-order valence-electron chi connectivity index (χ3n) is 5.68. The Morgan fingerprint density at radius 2 is 1.94 bits per heavy atom. The van der Waals surface area contributed by atoms with Crippen molar-refractivity contribution in [1.82, 2.24) is 20.0 Å². The molecule has 1 fully saturated rings. The van der Waals surface area contributed by atoms with Crippen molar-refractivity contribution in [3.8, 4) is 11.5 Å². The van der Waals surface area contributed by atoms with Gasteiger partial charge in [-0.3, -0.25) is 9.89 Å². The van der Waals surface area contributed by atoms with E-state index in [2.05, 4.69) is 68.7 Å². The average Bonchev–Trinajstić information content (AvgIpc) is 3.43. The van der Waals surface area contributed by atoms with Gasteiger partial charge < -0.3 is 24.6 Å². The molecule has 2 aliphatic heterocycles. The highest BCUT2D eigenvalue weighted by Gasteiger charge is 2.22. The minimum absolute atomic E-state index is 0. The highest BCUT2D eigenvalue weighted by molar-refractivity contribution is 14.0. The van der Waals surface area contributed by atoms with Crippen LogP contribution in [0.15, 0.2) is 40.7 Å². The summed E-state index contributed by atoms with van der Waals surface area (Å²) >= 11 is 1.80. The summed E-state index contributed by atoms with van der Waals surface area (Å²) < 4.78 is 10.9. The Labute approximate surface area is 206 Å². The molecule has 1 N–H and O–H groups in total. The third-order valence-corrected chi connectivity index (χ3v) is 6.65. The summed E-state index contributed by atoms with van der Waals surface area (Å²) in [5.74, 6) is 2.69. The van der Waals surface area contributed by atoms with Gasteiger partial charge in [-0.1, -0.05) is 12.1 Å². The molecule has 4 rings (SSSR count). The topological polar surface area (TPSA) is 52.6 Å². The molecule has 1 unspecified atom stereocenters. The number of nitrogens with zero attached hydrogens (tertiary/aromatic N) is 4. The number of ether oxygens (including phenoxy) is 2. The Hall–Kier alpha value is -1.56. The van der Waals surface area contributed by atoms with E-state index >= 15 is 0 Å². The van der Waals surface area contributed by atoms with Crippen LogP contribution in [0.4, 0.5) is 0 Å². The molecule has 1 atom stereocenters. The van der Waals surface area contributed by atoms with E-state index in [1.54, 1.807) is 11.3 Å². The zero-order chi connectivity index (χ0) is 20.9. The number of halogens is 1. The molecule has 0 saturated carbocycles. The maximum absolute atomic E-state index is 5.51. The molecule has 1 aromatic carbocycles. The van der Waals surface area contributed by atoms with E-state index in [0.717, 1.165) is 56.7 Å². The second-order valence-electron chi connectivity index (χ2n) is 7.87. The minimum atomic E-state index is 0. The lowest BCUT2D eigenvalue weighted by atomic mass is 10.1. The summed E-state index contributed by atoms with van der Waals surface area (Å²) in [5.41, 5.74) is 1.26. The second-order valence-corrected chi connectivity index (χ2v) is 8.85. The molecular weight excluding hydrogens is 525 g/mol. The summed E-state index contributed by atoms with van der Waals surface area (Å²) in [7, 11) is 6.13. The van der Waals surface area contributed by atoms with Gasteiger partial charge in [0.2, 0.25) is 6.79 Å². The molecule has 0 aliphatic carbocycles. The Bertz CT molecular complexity index is 854. The highest BCUT2D eigenvalue weighted by atomic mass is 127. The Kier molecular flexibility index (Phi) is 8.82. The molecule has 170 valence electrons. The van der Waals surface area contributed by atoms with Crippen LogP contribution in [0, 0.1) is 0 Å². The number of benzene rings is 1. The average molecular weight is 558 g/mol. The second kappa shape index (κ2) is 11.3. The van der Waals surface area contributed by atoms with Gasteiger partial charge in [0.25, 0.3) is 0 Å². The van der Waals surface area contributed by atoms with Gasteiger partial charge in [-0.15, -0.1) is 35.3 Å². The molecule has 0 spiro atoms. The summed E-state index contributed by atoms with van der Waals surface area (Å²) in [6.07, 6.45) is 0. The maximum atomic E-state index is 5.51. The fourth-order valence-corrected chi connectivity index (χ4v) is 4.88. The number of hydrogen-bond donors (Lipinski definition) is 1. The highest BCUT2D eigenvalue weighted by Crippen LogP contribution is 2.32. The van der Waals surface area contributed by atoms with Gasteiger partial charge in [0, 0.05) is 51.2 Å². The summed E-state index contributed by atoms with van der Waals surface area (Å²) in [6.45, 7) is 6.06. The van der Waals surface area contributed by atoms with Crippen molar-refractivity contribution in [3.63, 3.8) is 0 Å². The third kappa shape index (κ3) is 6.03. The molecule has 2 aliphatic rings. The lowest BCUT2D eigenvalue weighted by Crippen LogP contribution is -2.53. The van der Waals surface area contributed by atoms with Crippen molar-refractivity contribution in [2.24, 2.45) is 4.99 Å². The van der Waals surface area contributed by atoms with Gasteiger partial charge in [-0.25, -0.2) is 0 Å². The lowest BCUT2D eigenvalue weighted by Gasteiger charge is -2.37. The molecule has 3 heterocycles. The SMILES string of the molecule is CN=C(NCC(c1cccs1)N(C)C)N1CCN(Cc2ccc3c(c2)OCO3)CC1.I. The van der Waals surface area contributed by atoms with E-state index < -0.39 is 0 Å². The van der Waals surface area contributed by atoms with Crippen molar-refractivity contribution in [2.45, 2.75) is 12.6 Å². The standard InChI is InChI=1S/C22H31N5O2S.HI/c1-23-22(24-14-18(25(2)3)21-5-4-12-30-21)27-10-8-26(9-11-27)15-17-6-7-19-20(13-17)29-16-28-19;/h4-7,12-13,18H,8-11,14-16H2,1-3H3,(H,23,24);1H. The van der Waals surface area contributed by atoms with Crippen molar-refractivity contribution < 1.29 is 9.47 Å². The van der Waals surface area contributed by atoms with Crippen LogP contribution in [-0.2, 0) is 6.54 Å². The smallest absolute Gasteiger partial charge is 0.231 e. The van der Waals surface area contributed by atoms with Crippen LogP contribution in [0.25, 0.3) is 0 Å². The van der Waals surface area contributed by atoms with Crippen LogP contribution < -0.4 is 14.8 Å². The van der Waals surface area contributed by atoms with E-state index in [1.807, 2.05) is 13.1 Å². The fourth-order valence-electron chi connectivity index (χ4n) is 3.95. The van der Waals surface area contributed by atoms with Crippen LogP contribution in [0.3, 0.4) is 0 Å². The number of piperazine rings is 1. The van der Waals surface area contributed by atoms with Crippen molar-refractivity contribution in [2.75, 3.05) is 60.7 Å². The normalized spacial score (nSPS) is 17.5. The monoisotopic (exact) mass is 557 g/mol. The van der Waals surface area contributed by atoms with E-state index in [-0.39, 0.29) is 24.0 Å². The molecule has 1 aromatic heterocycles. The Morgan fingerprint density at radius 1 is 1.16 bits per heavy atom. The van der Waals surface area contributed by atoms with Crippen LogP contribution in [0.2, 0.25) is 0 Å². The number of guanidine groups is 1. The first-order valence-corrected chi connectivity index (χ1v) is 11.3.